The molecule has 0 aliphatic heterocycles. The van der Waals surface area contributed by atoms with Gasteiger partial charge < -0.3 is 5.11 Å². The van der Waals surface area contributed by atoms with Gasteiger partial charge in [0.1, 0.15) is 0 Å². The molecule has 11 heavy (non-hydrogen) atoms. The molecule has 0 amide bonds. The van der Waals surface area contributed by atoms with Crippen LogP contribution in [-0.2, 0) is 0 Å². The maximum Gasteiger partial charge on any atom is 0.0568 e. The lowest BCUT2D eigenvalue weighted by atomic mass is 9.88. The van der Waals surface area contributed by atoms with Crippen molar-refractivity contribution in [2.45, 2.75) is 39.7 Å². The molecular formula is C10H18O. The van der Waals surface area contributed by atoms with Crippen molar-refractivity contribution in [1.29, 1.82) is 0 Å². The summed E-state index contributed by atoms with van der Waals surface area (Å²) < 4.78 is 0. The molecule has 0 heterocycles. The van der Waals surface area contributed by atoms with Crippen molar-refractivity contribution in [3.05, 3.63) is 0 Å². The van der Waals surface area contributed by atoms with E-state index in [2.05, 4.69) is 20.8 Å². The Kier molecular flexibility index (Phi) is 1.39. The van der Waals surface area contributed by atoms with Gasteiger partial charge in [-0.1, -0.05) is 20.8 Å². The highest BCUT2D eigenvalue weighted by atomic mass is 16.3. The van der Waals surface area contributed by atoms with Crippen molar-refractivity contribution < 1.29 is 5.11 Å². The van der Waals surface area contributed by atoms with Crippen LogP contribution in [0.3, 0.4) is 0 Å². The van der Waals surface area contributed by atoms with Crippen LogP contribution in [0.15, 0.2) is 0 Å². The number of hydrogen-bond acceptors (Lipinski definition) is 1. The van der Waals surface area contributed by atoms with Gasteiger partial charge in [-0.2, -0.15) is 0 Å². The van der Waals surface area contributed by atoms with Gasteiger partial charge >= 0.3 is 0 Å². The van der Waals surface area contributed by atoms with Crippen LogP contribution in [0.5, 0.6) is 0 Å². The molecule has 0 unspecified atom stereocenters. The Morgan fingerprint density at radius 3 is 2.27 bits per heavy atom. The van der Waals surface area contributed by atoms with E-state index in [0.29, 0.717) is 11.3 Å². The van der Waals surface area contributed by atoms with E-state index < -0.39 is 0 Å². The fourth-order valence-electron chi connectivity index (χ4n) is 2.84. The van der Waals surface area contributed by atoms with Crippen LogP contribution in [0.4, 0.5) is 0 Å². The summed E-state index contributed by atoms with van der Waals surface area (Å²) in [5.74, 6) is 2.28. The predicted octanol–water partition coefficient (Wildman–Crippen LogP) is 2.05. The van der Waals surface area contributed by atoms with Crippen molar-refractivity contribution in [1.82, 2.24) is 0 Å². The van der Waals surface area contributed by atoms with E-state index in [1.807, 2.05) is 0 Å². The fourth-order valence-corrected chi connectivity index (χ4v) is 2.84. The highest BCUT2D eigenvalue weighted by Gasteiger charge is 2.60. The van der Waals surface area contributed by atoms with Crippen LogP contribution < -0.4 is 0 Å². The number of aliphatic hydroxyl groups is 1. The van der Waals surface area contributed by atoms with Crippen LogP contribution in [0.1, 0.15) is 33.6 Å². The van der Waals surface area contributed by atoms with Crippen LogP contribution >= 0.6 is 0 Å². The first-order valence-electron chi connectivity index (χ1n) is 4.71. The first-order chi connectivity index (χ1) is 5.03. The van der Waals surface area contributed by atoms with Gasteiger partial charge in [0, 0.05) is 0 Å². The lowest BCUT2D eigenvalue weighted by molar-refractivity contribution is 0.0745. The van der Waals surface area contributed by atoms with Gasteiger partial charge in [-0.3, -0.25) is 0 Å². The summed E-state index contributed by atoms with van der Waals surface area (Å²) in [6, 6.07) is 0. The standard InChI is InChI=1S/C10H18O/c1-6-4-7-8(5-9(6)11)10(7,2)3/h6-9,11H,4-5H2,1-3H3/t6-,7-,8+,9+/m0/s1. The molecule has 0 aromatic rings. The third-order valence-electron chi connectivity index (χ3n) is 4.07. The zero-order valence-electron chi connectivity index (χ0n) is 7.67. The summed E-state index contributed by atoms with van der Waals surface area (Å²) in [7, 11) is 0. The summed E-state index contributed by atoms with van der Waals surface area (Å²) >= 11 is 0. The second-order valence-corrected chi connectivity index (χ2v) is 5.05. The molecule has 0 aromatic heterocycles. The largest absolute Gasteiger partial charge is 0.393 e. The fraction of sp³-hybridized carbons (Fsp3) is 1.00. The van der Waals surface area contributed by atoms with E-state index in [1.54, 1.807) is 0 Å². The van der Waals surface area contributed by atoms with Crippen LogP contribution in [-0.4, -0.2) is 11.2 Å². The summed E-state index contributed by atoms with van der Waals surface area (Å²) in [5, 5.41) is 9.61. The lowest BCUT2D eigenvalue weighted by Gasteiger charge is -2.22. The minimum absolute atomic E-state index is 0.0157. The molecule has 64 valence electrons. The SMILES string of the molecule is C[C@H]1C[C@H]2[C@@H](C[C@H]1O)C2(C)C. The quantitative estimate of drug-likeness (QED) is 0.566. The number of fused-ring (bicyclic) bond motifs is 1. The molecule has 0 saturated heterocycles. The van der Waals surface area contributed by atoms with Crippen LogP contribution in [0, 0.1) is 23.2 Å². The molecule has 0 aromatic carbocycles. The summed E-state index contributed by atoms with van der Waals surface area (Å²) in [5.41, 5.74) is 0.547. The van der Waals surface area contributed by atoms with Crippen molar-refractivity contribution in [3.63, 3.8) is 0 Å². The Hall–Kier alpha value is -0.0400. The molecule has 0 spiro atoms. The summed E-state index contributed by atoms with van der Waals surface area (Å²) in [6.45, 7) is 6.86. The average Bonchev–Trinajstić information content (AvgIpc) is 2.39. The second kappa shape index (κ2) is 2.01. The van der Waals surface area contributed by atoms with Crippen molar-refractivity contribution >= 4 is 0 Å². The van der Waals surface area contributed by atoms with Crippen LogP contribution in [0.25, 0.3) is 0 Å². The zero-order chi connectivity index (χ0) is 8.22. The van der Waals surface area contributed by atoms with Gasteiger partial charge in [0.05, 0.1) is 6.10 Å². The zero-order valence-corrected chi connectivity index (χ0v) is 7.67. The number of hydrogen-bond donors (Lipinski definition) is 1. The van der Waals surface area contributed by atoms with E-state index in [9.17, 15) is 5.11 Å². The molecule has 1 nitrogen and oxygen atoms in total. The average molecular weight is 154 g/mol. The topological polar surface area (TPSA) is 20.2 Å². The molecule has 2 aliphatic carbocycles. The van der Waals surface area contributed by atoms with E-state index in [0.717, 1.165) is 18.3 Å². The maximum absolute atomic E-state index is 9.61. The molecule has 2 aliphatic rings. The monoisotopic (exact) mass is 154 g/mol. The number of rotatable bonds is 0. The first kappa shape index (κ1) is 7.60. The minimum Gasteiger partial charge on any atom is -0.393 e. The van der Waals surface area contributed by atoms with E-state index >= 15 is 0 Å². The van der Waals surface area contributed by atoms with Gasteiger partial charge in [-0.15, -0.1) is 0 Å². The number of aliphatic hydroxyl groups excluding tert-OH is 1. The normalized spacial score (nSPS) is 53.5. The Balaban J connectivity index is 2.07. The van der Waals surface area contributed by atoms with Crippen LogP contribution in [0.2, 0.25) is 0 Å². The Labute approximate surface area is 68.8 Å². The third kappa shape index (κ3) is 0.936. The minimum atomic E-state index is -0.0157. The van der Waals surface area contributed by atoms with Crippen molar-refractivity contribution in [2.24, 2.45) is 23.2 Å². The molecule has 2 fully saturated rings. The van der Waals surface area contributed by atoms with Crippen molar-refractivity contribution in [2.75, 3.05) is 0 Å². The maximum atomic E-state index is 9.61. The van der Waals surface area contributed by atoms with Gasteiger partial charge in [0.2, 0.25) is 0 Å². The third-order valence-corrected chi connectivity index (χ3v) is 4.07. The highest BCUT2D eigenvalue weighted by Crippen LogP contribution is 2.65. The van der Waals surface area contributed by atoms with E-state index in [-0.39, 0.29) is 6.10 Å². The van der Waals surface area contributed by atoms with Gasteiger partial charge in [-0.05, 0) is 36.0 Å². The molecule has 0 bridgehead atoms. The predicted molar refractivity (Wildman–Crippen MR) is 45.2 cm³/mol. The van der Waals surface area contributed by atoms with Gasteiger partial charge in [0.15, 0.2) is 0 Å². The second-order valence-electron chi connectivity index (χ2n) is 5.05. The van der Waals surface area contributed by atoms with Gasteiger partial charge in [0.25, 0.3) is 0 Å². The molecular weight excluding hydrogens is 136 g/mol. The molecule has 2 rings (SSSR count). The Bertz CT molecular complexity index is 156. The van der Waals surface area contributed by atoms with Crippen molar-refractivity contribution in [3.8, 4) is 0 Å². The Morgan fingerprint density at radius 2 is 1.73 bits per heavy atom. The van der Waals surface area contributed by atoms with E-state index in [4.69, 9.17) is 0 Å². The smallest absolute Gasteiger partial charge is 0.0568 e. The molecule has 0 radical (unpaired) electrons. The molecule has 1 heteroatoms. The van der Waals surface area contributed by atoms with Gasteiger partial charge in [-0.25, -0.2) is 0 Å². The summed E-state index contributed by atoms with van der Waals surface area (Å²) in [6.07, 6.45) is 2.29. The Morgan fingerprint density at radius 1 is 1.18 bits per heavy atom. The van der Waals surface area contributed by atoms with E-state index in [1.165, 1.54) is 6.42 Å². The lowest BCUT2D eigenvalue weighted by Crippen LogP contribution is -2.22. The molecule has 2 saturated carbocycles. The summed E-state index contributed by atoms with van der Waals surface area (Å²) in [4.78, 5) is 0. The first-order valence-corrected chi connectivity index (χ1v) is 4.71. The molecule has 1 N–H and O–H groups in total. The molecule has 4 atom stereocenters. The highest BCUT2D eigenvalue weighted by molar-refractivity contribution is 5.08.